The second-order valence-corrected chi connectivity index (χ2v) is 7.50. The van der Waals surface area contributed by atoms with Gasteiger partial charge in [-0.05, 0) is 24.5 Å². The lowest BCUT2D eigenvalue weighted by Crippen LogP contribution is -2.17. The van der Waals surface area contributed by atoms with Crippen LogP contribution in [0.2, 0.25) is 0 Å². The van der Waals surface area contributed by atoms with Crippen LogP contribution in [0.15, 0.2) is 40.9 Å². The van der Waals surface area contributed by atoms with E-state index in [1.165, 1.54) is 23.8 Å². The average Bonchev–Trinajstić information content (AvgIpc) is 3.24. The summed E-state index contributed by atoms with van der Waals surface area (Å²) < 4.78 is 1.04. The standard InChI is InChI=1S/C16H16N4S2/c1-2-10-20(9-1)15-18-19-16(22-15)21-11-13-6-3-5-12-7-4-8-17-14(12)13/h3-8H,1-2,9-11H2. The number of hydrogen-bond acceptors (Lipinski definition) is 6. The Bertz CT molecular complexity index is 775. The third-order valence-corrected chi connectivity index (χ3v) is 6.01. The molecule has 6 heteroatoms. The number of rotatable bonds is 4. The van der Waals surface area contributed by atoms with E-state index in [2.05, 4.69) is 44.3 Å². The number of para-hydroxylation sites is 1. The molecule has 0 unspecified atom stereocenters. The molecule has 1 aromatic carbocycles. The molecule has 3 aromatic rings. The minimum Gasteiger partial charge on any atom is -0.347 e. The zero-order valence-corrected chi connectivity index (χ0v) is 13.7. The normalized spacial score (nSPS) is 14.8. The first-order valence-corrected chi connectivity index (χ1v) is 9.24. The Kier molecular flexibility index (Phi) is 3.95. The van der Waals surface area contributed by atoms with Crippen LogP contribution in [0, 0.1) is 0 Å². The fourth-order valence-corrected chi connectivity index (χ4v) is 4.60. The maximum Gasteiger partial charge on any atom is 0.209 e. The molecule has 3 heterocycles. The van der Waals surface area contributed by atoms with Gasteiger partial charge in [0.25, 0.3) is 0 Å². The summed E-state index contributed by atoms with van der Waals surface area (Å²) in [6.07, 6.45) is 4.39. The maximum absolute atomic E-state index is 4.51. The quantitative estimate of drug-likeness (QED) is 0.678. The lowest BCUT2D eigenvalue weighted by molar-refractivity contribution is 0.913. The van der Waals surface area contributed by atoms with Crippen molar-refractivity contribution in [3.8, 4) is 0 Å². The van der Waals surface area contributed by atoms with E-state index in [0.29, 0.717) is 0 Å². The van der Waals surface area contributed by atoms with Gasteiger partial charge in [-0.2, -0.15) is 0 Å². The van der Waals surface area contributed by atoms with Gasteiger partial charge in [0.1, 0.15) is 0 Å². The Morgan fingerprint density at radius 2 is 1.95 bits per heavy atom. The molecule has 1 fully saturated rings. The Morgan fingerprint density at radius 3 is 2.86 bits per heavy atom. The molecule has 22 heavy (non-hydrogen) atoms. The highest BCUT2D eigenvalue weighted by Crippen LogP contribution is 2.32. The maximum atomic E-state index is 4.51. The summed E-state index contributed by atoms with van der Waals surface area (Å²) in [6.45, 7) is 2.24. The largest absolute Gasteiger partial charge is 0.347 e. The van der Waals surface area contributed by atoms with Crippen LogP contribution in [0.5, 0.6) is 0 Å². The zero-order chi connectivity index (χ0) is 14.8. The van der Waals surface area contributed by atoms with Crippen LogP contribution >= 0.6 is 23.1 Å². The predicted octanol–water partition coefficient (Wildman–Crippen LogP) is 3.98. The summed E-state index contributed by atoms with van der Waals surface area (Å²) in [7, 11) is 0. The van der Waals surface area contributed by atoms with E-state index in [-0.39, 0.29) is 0 Å². The number of anilines is 1. The van der Waals surface area contributed by atoms with E-state index in [0.717, 1.165) is 33.8 Å². The fraction of sp³-hybridized carbons (Fsp3) is 0.312. The number of hydrogen-bond donors (Lipinski definition) is 0. The Morgan fingerprint density at radius 1 is 1.09 bits per heavy atom. The summed E-state index contributed by atoms with van der Waals surface area (Å²) in [5.74, 6) is 0.878. The van der Waals surface area contributed by atoms with Gasteiger partial charge in [0.2, 0.25) is 5.13 Å². The zero-order valence-electron chi connectivity index (χ0n) is 12.1. The van der Waals surface area contributed by atoms with Crippen molar-refractivity contribution in [2.24, 2.45) is 0 Å². The highest BCUT2D eigenvalue weighted by atomic mass is 32.2. The van der Waals surface area contributed by atoms with Crippen molar-refractivity contribution < 1.29 is 0 Å². The van der Waals surface area contributed by atoms with Crippen LogP contribution in [-0.2, 0) is 5.75 Å². The molecule has 0 saturated carbocycles. The first-order valence-electron chi connectivity index (χ1n) is 7.44. The van der Waals surface area contributed by atoms with E-state index >= 15 is 0 Å². The molecule has 1 saturated heterocycles. The lowest BCUT2D eigenvalue weighted by Gasteiger charge is -2.10. The van der Waals surface area contributed by atoms with Crippen molar-refractivity contribution in [3.05, 3.63) is 42.1 Å². The van der Waals surface area contributed by atoms with Crippen molar-refractivity contribution in [1.29, 1.82) is 0 Å². The molecular weight excluding hydrogens is 312 g/mol. The van der Waals surface area contributed by atoms with E-state index in [4.69, 9.17) is 0 Å². The van der Waals surface area contributed by atoms with Crippen molar-refractivity contribution in [2.75, 3.05) is 18.0 Å². The molecule has 0 aliphatic carbocycles. The summed E-state index contributed by atoms with van der Waals surface area (Å²) in [4.78, 5) is 6.84. The minimum atomic E-state index is 0.878. The highest BCUT2D eigenvalue weighted by molar-refractivity contribution is 8.00. The number of pyridine rings is 1. The Balaban J connectivity index is 1.50. The SMILES string of the molecule is c1cnc2c(CSc3nnc(N4CCCC4)s3)cccc2c1. The van der Waals surface area contributed by atoms with E-state index in [1.807, 2.05) is 12.3 Å². The van der Waals surface area contributed by atoms with E-state index in [1.54, 1.807) is 23.1 Å². The Hall–Kier alpha value is -1.66. The van der Waals surface area contributed by atoms with Crippen LogP contribution < -0.4 is 4.90 Å². The van der Waals surface area contributed by atoms with Crippen LogP contribution in [0.1, 0.15) is 18.4 Å². The van der Waals surface area contributed by atoms with Gasteiger partial charge in [-0.15, -0.1) is 10.2 Å². The third kappa shape index (κ3) is 2.80. The minimum absolute atomic E-state index is 0.878. The van der Waals surface area contributed by atoms with Crippen molar-refractivity contribution in [3.63, 3.8) is 0 Å². The lowest BCUT2D eigenvalue weighted by atomic mass is 10.1. The first-order chi connectivity index (χ1) is 10.9. The molecule has 0 atom stereocenters. The van der Waals surface area contributed by atoms with Gasteiger partial charge >= 0.3 is 0 Å². The highest BCUT2D eigenvalue weighted by Gasteiger charge is 2.17. The molecule has 1 aliphatic rings. The molecular formula is C16H16N4S2. The summed E-state index contributed by atoms with van der Waals surface area (Å²) in [5, 5.41) is 10.9. The van der Waals surface area contributed by atoms with Crippen LogP contribution in [-0.4, -0.2) is 28.3 Å². The van der Waals surface area contributed by atoms with E-state index in [9.17, 15) is 0 Å². The van der Waals surface area contributed by atoms with Gasteiger partial charge in [-0.3, -0.25) is 4.98 Å². The average molecular weight is 328 g/mol. The molecule has 0 amide bonds. The molecule has 4 rings (SSSR count). The predicted molar refractivity (Wildman–Crippen MR) is 92.7 cm³/mol. The van der Waals surface area contributed by atoms with Gasteiger partial charge < -0.3 is 4.90 Å². The van der Waals surface area contributed by atoms with Gasteiger partial charge in [0.15, 0.2) is 4.34 Å². The van der Waals surface area contributed by atoms with Crippen molar-refractivity contribution >= 4 is 39.1 Å². The number of benzene rings is 1. The van der Waals surface area contributed by atoms with Gasteiger partial charge in [0, 0.05) is 30.4 Å². The van der Waals surface area contributed by atoms with Crippen LogP contribution in [0.25, 0.3) is 10.9 Å². The van der Waals surface area contributed by atoms with Crippen LogP contribution in [0.3, 0.4) is 0 Å². The molecule has 112 valence electrons. The molecule has 1 aliphatic heterocycles. The molecule has 2 aromatic heterocycles. The van der Waals surface area contributed by atoms with Gasteiger partial charge in [0.05, 0.1) is 5.52 Å². The summed E-state index contributed by atoms with van der Waals surface area (Å²) >= 11 is 3.45. The summed E-state index contributed by atoms with van der Waals surface area (Å²) in [6, 6.07) is 10.4. The molecule has 0 bridgehead atoms. The Labute approximate surface area is 137 Å². The number of nitrogens with zero attached hydrogens (tertiary/aromatic N) is 4. The number of thioether (sulfide) groups is 1. The monoisotopic (exact) mass is 328 g/mol. The second kappa shape index (κ2) is 6.22. The topological polar surface area (TPSA) is 41.9 Å². The molecule has 4 nitrogen and oxygen atoms in total. The first kappa shape index (κ1) is 14.0. The molecule has 0 spiro atoms. The molecule has 0 N–H and O–H groups in total. The van der Waals surface area contributed by atoms with Gasteiger partial charge in [-0.25, -0.2) is 0 Å². The number of aromatic nitrogens is 3. The number of fused-ring (bicyclic) bond motifs is 1. The van der Waals surface area contributed by atoms with Gasteiger partial charge in [-0.1, -0.05) is 47.4 Å². The van der Waals surface area contributed by atoms with Crippen LogP contribution in [0.4, 0.5) is 5.13 Å². The summed E-state index contributed by atoms with van der Waals surface area (Å²) in [5.41, 5.74) is 2.34. The van der Waals surface area contributed by atoms with Crippen molar-refractivity contribution in [2.45, 2.75) is 22.9 Å². The molecule has 0 radical (unpaired) electrons. The smallest absolute Gasteiger partial charge is 0.209 e. The second-order valence-electron chi connectivity index (χ2n) is 5.33. The van der Waals surface area contributed by atoms with E-state index < -0.39 is 0 Å². The fourth-order valence-electron chi connectivity index (χ4n) is 2.72. The third-order valence-electron chi connectivity index (χ3n) is 3.84. The van der Waals surface area contributed by atoms with Crippen molar-refractivity contribution in [1.82, 2.24) is 15.2 Å².